The molecule has 0 saturated heterocycles. The second-order valence-corrected chi connectivity index (χ2v) is 4.03. The Bertz CT molecular complexity index is 462. The van der Waals surface area contributed by atoms with Gasteiger partial charge in [0.25, 0.3) is 0 Å². The molecule has 1 aromatic heterocycles. The number of amides is 1. The molecule has 0 fully saturated rings. The quantitative estimate of drug-likeness (QED) is 0.701. The molecule has 0 aliphatic rings. The van der Waals surface area contributed by atoms with Crippen LogP contribution in [0.3, 0.4) is 0 Å². The number of carbonyl (C=O) groups excluding carboxylic acids is 2. The summed E-state index contributed by atoms with van der Waals surface area (Å²) in [5, 5.41) is 2.24. The summed E-state index contributed by atoms with van der Waals surface area (Å²) in [6, 6.07) is -1.04. The van der Waals surface area contributed by atoms with Crippen LogP contribution in [-0.2, 0) is 25.5 Å². The van der Waals surface area contributed by atoms with Crippen LogP contribution in [0.25, 0.3) is 0 Å². The molecule has 1 heterocycles. The number of hydrogen-bond donors (Lipinski definition) is 2. The number of imidazole rings is 1. The molecule has 21 heavy (non-hydrogen) atoms. The fourth-order valence-corrected chi connectivity index (χ4v) is 1.45. The molecule has 0 saturated carbocycles. The number of methoxy groups -OCH3 is 1. The Labute approximate surface area is 117 Å². The van der Waals surface area contributed by atoms with E-state index in [1.165, 1.54) is 12.5 Å². The van der Waals surface area contributed by atoms with Gasteiger partial charge in [0, 0.05) is 18.3 Å². The van der Waals surface area contributed by atoms with Crippen LogP contribution >= 0.6 is 0 Å². The number of ether oxygens (including phenoxy) is 2. The number of hydrogen-bond acceptors (Lipinski definition) is 5. The first-order valence-electron chi connectivity index (χ1n) is 5.80. The van der Waals surface area contributed by atoms with Crippen LogP contribution in [-0.4, -0.2) is 54.4 Å². The summed E-state index contributed by atoms with van der Waals surface area (Å²) in [6.07, 6.45) is -1.62. The Morgan fingerprint density at radius 1 is 1.48 bits per heavy atom. The van der Waals surface area contributed by atoms with Crippen LogP contribution in [0.15, 0.2) is 12.5 Å². The predicted octanol–water partition coefficient (Wildman–Crippen LogP) is 0.189. The van der Waals surface area contributed by atoms with Gasteiger partial charge in [-0.3, -0.25) is 4.79 Å². The molecule has 10 heteroatoms. The molecule has 7 nitrogen and oxygen atoms in total. The number of nitrogens with zero attached hydrogens (tertiary/aromatic N) is 1. The predicted molar refractivity (Wildman–Crippen MR) is 63.1 cm³/mol. The van der Waals surface area contributed by atoms with E-state index in [0.29, 0.717) is 5.69 Å². The number of rotatable bonds is 7. The summed E-state index contributed by atoms with van der Waals surface area (Å²) in [4.78, 5) is 29.4. The second kappa shape index (κ2) is 7.62. The third-order valence-corrected chi connectivity index (χ3v) is 2.30. The van der Waals surface area contributed by atoms with Crippen molar-refractivity contribution in [2.45, 2.75) is 18.6 Å². The maximum atomic E-state index is 11.9. The number of halogens is 3. The molecule has 1 rings (SSSR count). The Morgan fingerprint density at radius 3 is 2.71 bits per heavy atom. The lowest BCUT2D eigenvalue weighted by Crippen LogP contribution is -2.44. The zero-order valence-electron chi connectivity index (χ0n) is 11.1. The van der Waals surface area contributed by atoms with E-state index in [1.54, 1.807) is 0 Å². The third kappa shape index (κ3) is 6.75. The number of alkyl halides is 3. The topological polar surface area (TPSA) is 93.3 Å². The van der Waals surface area contributed by atoms with Gasteiger partial charge in [0.15, 0.2) is 0 Å². The van der Waals surface area contributed by atoms with Crippen LogP contribution in [0.1, 0.15) is 5.69 Å². The number of nitrogens with one attached hydrogen (secondary N) is 2. The van der Waals surface area contributed by atoms with Gasteiger partial charge in [-0.05, 0) is 0 Å². The first-order chi connectivity index (χ1) is 9.81. The number of carbonyl (C=O) groups is 2. The van der Waals surface area contributed by atoms with E-state index in [2.05, 4.69) is 24.8 Å². The zero-order chi connectivity index (χ0) is 15.9. The van der Waals surface area contributed by atoms with Gasteiger partial charge >= 0.3 is 12.1 Å². The number of H-pyrrole nitrogens is 1. The molecule has 2 N–H and O–H groups in total. The molecule has 0 spiro atoms. The Kier molecular flexibility index (Phi) is 6.15. The molecule has 1 amide bonds. The van der Waals surface area contributed by atoms with Crippen molar-refractivity contribution in [3.8, 4) is 0 Å². The lowest BCUT2D eigenvalue weighted by atomic mass is 10.1. The molecule has 0 aliphatic heterocycles. The highest BCUT2D eigenvalue weighted by atomic mass is 19.4. The van der Waals surface area contributed by atoms with Crippen molar-refractivity contribution in [2.75, 3.05) is 20.3 Å². The van der Waals surface area contributed by atoms with E-state index in [4.69, 9.17) is 0 Å². The molecule has 0 aliphatic carbocycles. The van der Waals surface area contributed by atoms with Gasteiger partial charge in [-0.1, -0.05) is 0 Å². The van der Waals surface area contributed by atoms with Crippen molar-refractivity contribution >= 4 is 11.9 Å². The Morgan fingerprint density at radius 2 is 2.19 bits per heavy atom. The minimum atomic E-state index is -4.52. The molecular weight excluding hydrogens is 295 g/mol. The van der Waals surface area contributed by atoms with Crippen LogP contribution in [0.4, 0.5) is 13.2 Å². The molecule has 1 aromatic rings. The van der Waals surface area contributed by atoms with Gasteiger partial charge in [-0.15, -0.1) is 0 Å². The van der Waals surface area contributed by atoms with Gasteiger partial charge in [0.05, 0.1) is 13.4 Å². The number of aromatic nitrogens is 2. The molecule has 0 unspecified atom stereocenters. The van der Waals surface area contributed by atoms with Crippen LogP contribution < -0.4 is 5.32 Å². The van der Waals surface area contributed by atoms with Crippen LogP contribution in [0, 0.1) is 0 Å². The van der Waals surface area contributed by atoms with Crippen LogP contribution in [0.2, 0.25) is 0 Å². The van der Waals surface area contributed by atoms with Crippen LogP contribution in [0.5, 0.6) is 0 Å². The van der Waals surface area contributed by atoms with Gasteiger partial charge < -0.3 is 19.8 Å². The van der Waals surface area contributed by atoms with Gasteiger partial charge in [0.1, 0.15) is 19.3 Å². The lowest BCUT2D eigenvalue weighted by Gasteiger charge is -2.16. The van der Waals surface area contributed by atoms with Crippen molar-refractivity contribution < 1.29 is 32.2 Å². The van der Waals surface area contributed by atoms with E-state index in [9.17, 15) is 22.8 Å². The van der Waals surface area contributed by atoms with E-state index in [0.717, 1.165) is 7.11 Å². The summed E-state index contributed by atoms with van der Waals surface area (Å²) < 4.78 is 44.3. The average molecular weight is 309 g/mol. The number of aromatic amines is 1. The Hall–Kier alpha value is -2.10. The van der Waals surface area contributed by atoms with E-state index < -0.39 is 37.3 Å². The fraction of sp³-hybridized carbons (Fsp3) is 0.545. The minimum absolute atomic E-state index is 0.0671. The number of esters is 1. The first-order valence-corrected chi connectivity index (χ1v) is 5.80. The Balaban J connectivity index is 2.48. The van der Waals surface area contributed by atoms with Crippen molar-refractivity contribution in [2.24, 2.45) is 0 Å². The maximum absolute atomic E-state index is 11.9. The molecule has 0 aromatic carbocycles. The van der Waals surface area contributed by atoms with Gasteiger partial charge in [-0.25, -0.2) is 9.78 Å². The van der Waals surface area contributed by atoms with Crippen molar-refractivity contribution in [1.82, 2.24) is 15.3 Å². The van der Waals surface area contributed by atoms with Crippen molar-refractivity contribution in [3.05, 3.63) is 18.2 Å². The molecule has 0 bridgehead atoms. The largest absolute Gasteiger partial charge is 0.467 e. The average Bonchev–Trinajstić information content (AvgIpc) is 2.88. The third-order valence-electron chi connectivity index (χ3n) is 2.30. The molecule has 118 valence electrons. The lowest BCUT2D eigenvalue weighted by molar-refractivity contribution is -0.176. The SMILES string of the molecule is COC(=O)[C@H](Cc1cnc[nH]1)NC(=O)COCC(F)(F)F. The van der Waals surface area contributed by atoms with Crippen molar-refractivity contribution in [1.29, 1.82) is 0 Å². The van der Waals surface area contributed by atoms with E-state index in [-0.39, 0.29) is 6.42 Å². The second-order valence-electron chi connectivity index (χ2n) is 4.03. The first kappa shape index (κ1) is 17.0. The molecule has 1 atom stereocenters. The summed E-state index contributed by atoms with van der Waals surface area (Å²) in [5.74, 6) is -1.58. The highest BCUT2D eigenvalue weighted by molar-refractivity contribution is 5.85. The minimum Gasteiger partial charge on any atom is -0.467 e. The standard InChI is InChI=1S/C11H14F3N3O4/c1-20-10(19)8(2-7-3-15-6-16-7)17-9(18)4-21-5-11(12,13)14/h3,6,8H,2,4-5H2,1H3,(H,15,16)(H,17,18)/t8-/m0/s1. The zero-order valence-corrected chi connectivity index (χ0v) is 11.1. The molecular formula is C11H14F3N3O4. The summed E-state index contributed by atoms with van der Waals surface area (Å²) in [7, 11) is 1.13. The van der Waals surface area contributed by atoms with E-state index >= 15 is 0 Å². The van der Waals surface area contributed by atoms with Crippen molar-refractivity contribution in [3.63, 3.8) is 0 Å². The smallest absolute Gasteiger partial charge is 0.411 e. The molecule has 0 radical (unpaired) electrons. The van der Waals surface area contributed by atoms with Gasteiger partial charge in [0.2, 0.25) is 5.91 Å². The summed E-state index contributed by atoms with van der Waals surface area (Å²) in [5.41, 5.74) is 0.557. The normalized spacial score (nSPS) is 12.8. The highest BCUT2D eigenvalue weighted by Gasteiger charge is 2.28. The maximum Gasteiger partial charge on any atom is 0.411 e. The monoisotopic (exact) mass is 309 g/mol. The fourth-order valence-electron chi connectivity index (χ4n) is 1.45. The highest BCUT2D eigenvalue weighted by Crippen LogP contribution is 2.14. The summed E-state index contributed by atoms with van der Waals surface area (Å²) in [6.45, 7) is -2.35. The summed E-state index contributed by atoms with van der Waals surface area (Å²) >= 11 is 0. The van der Waals surface area contributed by atoms with Gasteiger partial charge in [-0.2, -0.15) is 13.2 Å². The van der Waals surface area contributed by atoms with E-state index in [1.807, 2.05) is 0 Å².